The molecule has 1 heterocycles. The fourth-order valence-corrected chi connectivity index (χ4v) is 2.13. The molecule has 0 amide bonds. The van der Waals surface area contributed by atoms with Crippen molar-refractivity contribution in [2.45, 2.75) is 20.4 Å². The molecule has 2 rings (SSSR count). The maximum atomic E-state index is 4.41. The molecule has 2 aromatic rings. The van der Waals surface area contributed by atoms with Crippen LogP contribution in [0.2, 0.25) is 0 Å². The van der Waals surface area contributed by atoms with Crippen LogP contribution in [0.3, 0.4) is 0 Å². The lowest BCUT2D eigenvalue weighted by atomic mass is 10.2. The van der Waals surface area contributed by atoms with E-state index in [9.17, 15) is 0 Å². The van der Waals surface area contributed by atoms with Gasteiger partial charge >= 0.3 is 0 Å². The highest BCUT2D eigenvalue weighted by Crippen LogP contribution is 2.20. The molecule has 0 atom stereocenters. The zero-order valence-electron chi connectivity index (χ0n) is 10.7. The van der Waals surface area contributed by atoms with E-state index in [-0.39, 0.29) is 0 Å². The molecule has 0 bridgehead atoms. The van der Waals surface area contributed by atoms with Gasteiger partial charge in [-0.15, -0.1) is 0 Å². The number of rotatable bonds is 5. The van der Waals surface area contributed by atoms with Crippen molar-refractivity contribution >= 4 is 15.9 Å². The van der Waals surface area contributed by atoms with Gasteiger partial charge in [-0.25, -0.2) is 4.98 Å². The van der Waals surface area contributed by atoms with Crippen LogP contribution >= 0.6 is 15.9 Å². The highest BCUT2D eigenvalue weighted by Gasteiger charge is 2.04. The Morgan fingerprint density at radius 3 is 2.94 bits per heavy atom. The van der Waals surface area contributed by atoms with Crippen LogP contribution in [-0.4, -0.2) is 16.5 Å². The summed E-state index contributed by atoms with van der Waals surface area (Å²) in [6.07, 6.45) is 1.89. The number of hydrogen-bond donors (Lipinski definition) is 2. The summed E-state index contributed by atoms with van der Waals surface area (Å²) in [6.45, 7) is 6.25. The summed E-state index contributed by atoms with van der Waals surface area (Å²) in [7, 11) is 0. The lowest BCUT2D eigenvalue weighted by molar-refractivity contribution is 0.549. The number of imidazole rings is 1. The maximum Gasteiger partial charge on any atom is 0.137 e. The molecule has 1 aromatic carbocycles. The van der Waals surface area contributed by atoms with E-state index in [1.807, 2.05) is 18.3 Å². The summed E-state index contributed by atoms with van der Waals surface area (Å²) in [5.74, 6) is 1.58. The quantitative estimate of drug-likeness (QED) is 0.886. The third-order valence-electron chi connectivity index (χ3n) is 2.59. The second-order valence-electron chi connectivity index (χ2n) is 4.79. The van der Waals surface area contributed by atoms with E-state index >= 15 is 0 Å². The molecule has 0 unspecified atom stereocenters. The van der Waals surface area contributed by atoms with Crippen LogP contribution in [0, 0.1) is 5.92 Å². The van der Waals surface area contributed by atoms with Gasteiger partial charge in [-0.1, -0.05) is 41.9 Å². The fourth-order valence-electron chi connectivity index (χ4n) is 1.73. The van der Waals surface area contributed by atoms with Gasteiger partial charge in [0.2, 0.25) is 0 Å². The van der Waals surface area contributed by atoms with Crippen molar-refractivity contribution in [3.63, 3.8) is 0 Å². The zero-order valence-corrected chi connectivity index (χ0v) is 12.3. The number of benzene rings is 1. The molecule has 0 aliphatic carbocycles. The van der Waals surface area contributed by atoms with E-state index in [2.05, 4.69) is 57.2 Å². The number of nitrogens with one attached hydrogen (secondary N) is 2. The molecule has 4 heteroatoms. The van der Waals surface area contributed by atoms with Crippen LogP contribution in [0.4, 0.5) is 0 Å². The fraction of sp³-hybridized carbons (Fsp3) is 0.357. The van der Waals surface area contributed by atoms with Gasteiger partial charge in [-0.2, -0.15) is 0 Å². The summed E-state index contributed by atoms with van der Waals surface area (Å²) in [5.41, 5.74) is 2.21. The molecule has 18 heavy (non-hydrogen) atoms. The summed E-state index contributed by atoms with van der Waals surface area (Å²) in [5, 5.41) is 3.40. The van der Waals surface area contributed by atoms with Crippen molar-refractivity contribution in [3.8, 4) is 11.4 Å². The summed E-state index contributed by atoms with van der Waals surface area (Å²) >= 11 is 3.47. The zero-order chi connectivity index (χ0) is 13.0. The lowest BCUT2D eigenvalue weighted by Gasteiger charge is -2.05. The molecule has 0 saturated heterocycles. The number of hydrogen-bond acceptors (Lipinski definition) is 2. The third-order valence-corrected chi connectivity index (χ3v) is 3.09. The molecule has 1 aromatic heterocycles. The molecular formula is C14H18BrN3. The van der Waals surface area contributed by atoms with Crippen LogP contribution < -0.4 is 5.32 Å². The van der Waals surface area contributed by atoms with Gasteiger partial charge in [0.1, 0.15) is 5.82 Å². The summed E-state index contributed by atoms with van der Waals surface area (Å²) < 4.78 is 1.07. The van der Waals surface area contributed by atoms with Gasteiger partial charge < -0.3 is 10.3 Å². The number of aromatic amines is 1. The maximum absolute atomic E-state index is 4.41. The Morgan fingerprint density at radius 2 is 2.22 bits per heavy atom. The predicted octanol–water partition coefficient (Wildman–Crippen LogP) is 3.58. The van der Waals surface area contributed by atoms with Gasteiger partial charge in [-0.3, -0.25) is 0 Å². The van der Waals surface area contributed by atoms with Crippen LogP contribution in [0.25, 0.3) is 11.4 Å². The monoisotopic (exact) mass is 307 g/mol. The van der Waals surface area contributed by atoms with E-state index in [1.54, 1.807) is 0 Å². The Bertz CT molecular complexity index is 505. The number of nitrogens with zero attached hydrogens (tertiary/aromatic N) is 1. The predicted molar refractivity (Wildman–Crippen MR) is 78.3 cm³/mol. The highest BCUT2D eigenvalue weighted by atomic mass is 79.9. The summed E-state index contributed by atoms with van der Waals surface area (Å²) in [6, 6.07) is 8.13. The Hall–Kier alpha value is -1.13. The minimum atomic E-state index is 0.664. The topological polar surface area (TPSA) is 40.7 Å². The molecule has 0 fully saturated rings. The third kappa shape index (κ3) is 3.68. The van der Waals surface area contributed by atoms with Gasteiger partial charge in [0.05, 0.1) is 0 Å². The number of H-pyrrole nitrogens is 1. The van der Waals surface area contributed by atoms with Crippen molar-refractivity contribution in [2.75, 3.05) is 6.54 Å². The normalized spacial score (nSPS) is 11.1. The highest BCUT2D eigenvalue weighted by molar-refractivity contribution is 9.10. The second-order valence-corrected chi connectivity index (χ2v) is 5.71. The SMILES string of the molecule is CC(C)CNCc1cnc(-c2cccc(Br)c2)[nH]1. The van der Waals surface area contributed by atoms with Gasteiger partial charge in [-0.05, 0) is 24.6 Å². The van der Waals surface area contributed by atoms with Crippen LogP contribution in [0.1, 0.15) is 19.5 Å². The molecule has 0 aliphatic heterocycles. The standard InChI is InChI=1S/C14H18BrN3/c1-10(2)7-16-8-13-9-17-14(18-13)11-4-3-5-12(15)6-11/h3-6,9-10,16H,7-8H2,1-2H3,(H,17,18). The smallest absolute Gasteiger partial charge is 0.137 e. The van der Waals surface area contributed by atoms with Crippen molar-refractivity contribution in [3.05, 3.63) is 40.6 Å². The van der Waals surface area contributed by atoms with Gasteiger partial charge in [0, 0.05) is 28.5 Å². The van der Waals surface area contributed by atoms with E-state index in [0.29, 0.717) is 5.92 Å². The Labute approximate surface area is 116 Å². The second kappa shape index (κ2) is 6.16. The van der Waals surface area contributed by atoms with E-state index < -0.39 is 0 Å². The van der Waals surface area contributed by atoms with Crippen LogP contribution in [0.15, 0.2) is 34.9 Å². The minimum Gasteiger partial charge on any atom is -0.341 e. The first-order chi connectivity index (χ1) is 8.65. The van der Waals surface area contributed by atoms with E-state index in [1.165, 1.54) is 0 Å². The Balaban J connectivity index is 2.02. The molecule has 0 spiro atoms. The molecule has 2 N–H and O–H groups in total. The molecule has 0 radical (unpaired) electrons. The number of aromatic nitrogens is 2. The Morgan fingerprint density at radius 1 is 1.39 bits per heavy atom. The van der Waals surface area contributed by atoms with Crippen molar-refractivity contribution < 1.29 is 0 Å². The minimum absolute atomic E-state index is 0.664. The summed E-state index contributed by atoms with van der Waals surface area (Å²) in [4.78, 5) is 7.74. The molecule has 3 nitrogen and oxygen atoms in total. The Kier molecular flexibility index (Phi) is 4.55. The van der Waals surface area contributed by atoms with E-state index in [4.69, 9.17) is 0 Å². The van der Waals surface area contributed by atoms with Crippen LogP contribution in [0.5, 0.6) is 0 Å². The molecule has 0 aliphatic rings. The lowest BCUT2D eigenvalue weighted by Crippen LogP contribution is -2.19. The van der Waals surface area contributed by atoms with E-state index in [0.717, 1.165) is 34.6 Å². The molecule has 96 valence electrons. The van der Waals surface area contributed by atoms with Gasteiger partial charge in [0.25, 0.3) is 0 Å². The molecule has 0 saturated carbocycles. The van der Waals surface area contributed by atoms with Crippen molar-refractivity contribution in [1.82, 2.24) is 15.3 Å². The first-order valence-electron chi connectivity index (χ1n) is 6.15. The van der Waals surface area contributed by atoms with Crippen molar-refractivity contribution in [1.29, 1.82) is 0 Å². The average Bonchev–Trinajstić information content (AvgIpc) is 2.77. The van der Waals surface area contributed by atoms with Gasteiger partial charge in [0.15, 0.2) is 0 Å². The van der Waals surface area contributed by atoms with Crippen molar-refractivity contribution in [2.24, 2.45) is 5.92 Å². The van der Waals surface area contributed by atoms with Crippen LogP contribution in [-0.2, 0) is 6.54 Å². The average molecular weight is 308 g/mol. The number of halogens is 1. The first kappa shape index (κ1) is 13.3. The largest absolute Gasteiger partial charge is 0.341 e. The molecular weight excluding hydrogens is 290 g/mol. The first-order valence-corrected chi connectivity index (χ1v) is 6.95.